The van der Waals surface area contributed by atoms with E-state index in [-0.39, 0.29) is 18.6 Å². The molecule has 0 unspecified atom stereocenters. The predicted octanol–water partition coefficient (Wildman–Crippen LogP) is 0.561. The van der Waals surface area contributed by atoms with Crippen molar-refractivity contribution >= 4 is 22.6 Å². The van der Waals surface area contributed by atoms with Crippen molar-refractivity contribution in [1.29, 1.82) is 0 Å². The summed E-state index contributed by atoms with van der Waals surface area (Å²) in [6.07, 6.45) is 1.63. The van der Waals surface area contributed by atoms with Crippen LogP contribution in [-0.4, -0.2) is 66.7 Å². The number of carbonyl (C=O) groups is 1. The summed E-state index contributed by atoms with van der Waals surface area (Å²) in [5.41, 5.74) is 7.37. The number of carbonyl (C=O) groups excluding carboxylic acids is 1. The molecular weight excluding hydrogens is 306 g/mol. The number of amides is 1. The Morgan fingerprint density at radius 1 is 1.46 bits per heavy atom. The highest BCUT2D eigenvalue weighted by atomic mass is 16.5. The van der Waals surface area contributed by atoms with Gasteiger partial charge in [0.25, 0.3) is 0 Å². The second kappa shape index (κ2) is 7.11. The van der Waals surface area contributed by atoms with Crippen LogP contribution in [-0.2, 0) is 9.53 Å². The number of primary amides is 1. The molecule has 1 saturated heterocycles. The van der Waals surface area contributed by atoms with E-state index in [4.69, 9.17) is 10.5 Å². The van der Waals surface area contributed by atoms with Crippen molar-refractivity contribution in [2.75, 3.05) is 44.7 Å². The van der Waals surface area contributed by atoms with Crippen LogP contribution in [0.1, 0.15) is 5.56 Å². The lowest BCUT2D eigenvalue weighted by Gasteiger charge is -2.35. The van der Waals surface area contributed by atoms with E-state index < -0.39 is 0 Å². The molecule has 1 aliphatic rings. The first kappa shape index (κ1) is 16.6. The van der Waals surface area contributed by atoms with Crippen molar-refractivity contribution in [2.24, 2.45) is 5.73 Å². The number of ether oxygens (including phenoxy) is 1. The van der Waals surface area contributed by atoms with Crippen molar-refractivity contribution in [3.63, 3.8) is 0 Å². The number of fused-ring (bicyclic) bond motifs is 1. The Kier molecular flexibility index (Phi) is 4.92. The molecule has 2 N–H and O–H groups in total. The molecule has 7 heteroatoms. The van der Waals surface area contributed by atoms with E-state index >= 15 is 0 Å². The summed E-state index contributed by atoms with van der Waals surface area (Å²) in [5, 5.41) is 1.06. The number of likely N-dealkylation sites (N-methyl/N-ethyl adjacent to an activating group) is 1. The molecular formula is C17H23N5O2. The molecule has 1 atom stereocenters. The number of anilines is 1. The van der Waals surface area contributed by atoms with Gasteiger partial charge in [-0.2, -0.15) is 0 Å². The molecule has 7 nitrogen and oxygen atoms in total. The van der Waals surface area contributed by atoms with Gasteiger partial charge < -0.3 is 15.4 Å². The monoisotopic (exact) mass is 329 g/mol. The molecule has 1 fully saturated rings. The molecule has 2 heterocycles. The van der Waals surface area contributed by atoms with Crippen molar-refractivity contribution < 1.29 is 9.53 Å². The van der Waals surface area contributed by atoms with Crippen LogP contribution in [0.3, 0.4) is 0 Å². The first-order chi connectivity index (χ1) is 11.5. The second-order valence-electron chi connectivity index (χ2n) is 6.27. The van der Waals surface area contributed by atoms with Crippen molar-refractivity contribution in [1.82, 2.24) is 14.9 Å². The quantitative estimate of drug-likeness (QED) is 0.863. The highest BCUT2D eigenvalue weighted by Crippen LogP contribution is 2.26. The molecule has 0 bridgehead atoms. The Bertz CT molecular complexity index is 736. The molecule has 3 rings (SSSR count). The van der Waals surface area contributed by atoms with Gasteiger partial charge in [-0.1, -0.05) is 12.1 Å². The van der Waals surface area contributed by atoms with E-state index in [9.17, 15) is 4.79 Å². The number of hydrogen-bond donors (Lipinski definition) is 1. The minimum atomic E-state index is -0.331. The molecule has 24 heavy (non-hydrogen) atoms. The summed E-state index contributed by atoms with van der Waals surface area (Å²) in [7, 11) is 1.87. The number of aromatic nitrogens is 2. The van der Waals surface area contributed by atoms with Gasteiger partial charge in [0, 0.05) is 25.0 Å². The van der Waals surface area contributed by atoms with Crippen LogP contribution >= 0.6 is 0 Å². The van der Waals surface area contributed by atoms with E-state index in [1.54, 1.807) is 6.33 Å². The van der Waals surface area contributed by atoms with Crippen LogP contribution in [0.2, 0.25) is 0 Å². The van der Waals surface area contributed by atoms with Crippen LogP contribution in [0, 0.1) is 6.92 Å². The second-order valence-corrected chi connectivity index (χ2v) is 6.27. The summed E-state index contributed by atoms with van der Waals surface area (Å²) in [6.45, 7) is 5.09. The highest BCUT2D eigenvalue weighted by Gasteiger charge is 2.24. The standard InChI is InChI=1S/C17H23N5O2/c1-12-4-3-5-14-16(12)19-11-20-17(14)22-6-7-24-13(9-22)8-21(2)10-15(18)23/h3-5,11,13H,6-10H2,1-2H3,(H2,18,23)/t13-/m1/s1. The lowest BCUT2D eigenvalue weighted by Crippen LogP contribution is -2.48. The van der Waals surface area contributed by atoms with Gasteiger partial charge in [0.15, 0.2) is 0 Å². The average molecular weight is 329 g/mol. The maximum absolute atomic E-state index is 11.0. The molecule has 0 spiro atoms. The van der Waals surface area contributed by atoms with Gasteiger partial charge in [-0.05, 0) is 25.6 Å². The lowest BCUT2D eigenvalue weighted by atomic mass is 10.1. The molecule has 0 saturated carbocycles. The van der Waals surface area contributed by atoms with Crippen LogP contribution in [0.4, 0.5) is 5.82 Å². The van der Waals surface area contributed by atoms with E-state index in [0.717, 1.165) is 35.4 Å². The Hall–Kier alpha value is -2.25. The van der Waals surface area contributed by atoms with Crippen LogP contribution in [0.25, 0.3) is 10.9 Å². The van der Waals surface area contributed by atoms with Crippen molar-refractivity contribution in [2.45, 2.75) is 13.0 Å². The molecule has 1 amide bonds. The molecule has 1 aliphatic heterocycles. The molecule has 2 aromatic rings. The third kappa shape index (κ3) is 3.63. The maximum atomic E-state index is 11.0. The zero-order chi connectivity index (χ0) is 17.1. The summed E-state index contributed by atoms with van der Waals surface area (Å²) in [6, 6.07) is 6.14. The Labute approximate surface area is 141 Å². The summed E-state index contributed by atoms with van der Waals surface area (Å²) in [5.74, 6) is 0.608. The van der Waals surface area contributed by atoms with Gasteiger partial charge in [0.2, 0.25) is 5.91 Å². The fourth-order valence-corrected chi connectivity index (χ4v) is 3.17. The SMILES string of the molecule is Cc1cccc2c(N3CCO[C@H](CN(C)CC(N)=O)C3)ncnc12. The first-order valence-electron chi connectivity index (χ1n) is 8.08. The number of benzene rings is 1. The normalized spacial score (nSPS) is 18.3. The van der Waals surface area contributed by atoms with E-state index in [1.165, 1.54) is 0 Å². The number of rotatable bonds is 5. The number of morpholine rings is 1. The van der Waals surface area contributed by atoms with Gasteiger partial charge in [-0.15, -0.1) is 0 Å². The molecule has 0 radical (unpaired) electrons. The maximum Gasteiger partial charge on any atom is 0.231 e. The van der Waals surface area contributed by atoms with Crippen LogP contribution in [0.15, 0.2) is 24.5 Å². The van der Waals surface area contributed by atoms with E-state index in [0.29, 0.717) is 13.2 Å². The van der Waals surface area contributed by atoms with E-state index in [2.05, 4.69) is 33.9 Å². The molecule has 128 valence electrons. The highest BCUT2D eigenvalue weighted by molar-refractivity contribution is 5.91. The third-order valence-electron chi connectivity index (χ3n) is 4.22. The fraction of sp³-hybridized carbons (Fsp3) is 0.471. The van der Waals surface area contributed by atoms with E-state index in [1.807, 2.05) is 18.0 Å². The summed E-state index contributed by atoms with van der Waals surface area (Å²) < 4.78 is 5.84. The zero-order valence-electron chi connectivity index (χ0n) is 14.1. The Morgan fingerprint density at radius 2 is 2.29 bits per heavy atom. The molecule has 1 aromatic carbocycles. The average Bonchev–Trinajstić information content (AvgIpc) is 2.54. The molecule has 0 aliphatic carbocycles. The Morgan fingerprint density at radius 3 is 3.08 bits per heavy atom. The Balaban J connectivity index is 1.78. The van der Waals surface area contributed by atoms with Gasteiger partial charge in [0.1, 0.15) is 12.1 Å². The molecule has 1 aromatic heterocycles. The summed E-state index contributed by atoms with van der Waals surface area (Å²) >= 11 is 0. The lowest BCUT2D eigenvalue weighted by molar-refractivity contribution is -0.119. The van der Waals surface area contributed by atoms with Gasteiger partial charge in [-0.3, -0.25) is 9.69 Å². The van der Waals surface area contributed by atoms with Gasteiger partial charge in [-0.25, -0.2) is 9.97 Å². The smallest absolute Gasteiger partial charge is 0.231 e. The van der Waals surface area contributed by atoms with Crippen LogP contribution < -0.4 is 10.6 Å². The van der Waals surface area contributed by atoms with Crippen LogP contribution in [0.5, 0.6) is 0 Å². The number of nitrogens with zero attached hydrogens (tertiary/aromatic N) is 4. The van der Waals surface area contributed by atoms with Gasteiger partial charge >= 0.3 is 0 Å². The predicted molar refractivity (Wildman–Crippen MR) is 92.9 cm³/mol. The topological polar surface area (TPSA) is 84.6 Å². The minimum Gasteiger partial charge on any atom is -0.373 e. The zero-order valence-corrected chi connectivity index (χ0v) is 14.1. The first-order valence-corrected chi connectivity index (χ1v) is 8.08. The largest absolute Gasteiger partial charge is 0.373 e. The number of aryl methyl sites for hydroxylation is 1. The third-order valence-corrected chi connectivity index (χ3v) is 4.22. The summed E-state index contributed by atoms with van der Waals surface area (Å²) in [4.78, 5) is 24.1. The minimum absolute atomic E-state index is 0.0120. The fourth-order valence-electron chi connectivity index (χ4n) is 3.17. The number of nitrogens with two attached hydrogens (primary N) is 1. The van der Waals surface area contributed by atoms with Crippen molar-refractivity contribution in [3.8, 4) is 0 Å². The number of hydrogen-bond acceptors (Lipinski definition) is 6. The van der Waals surface area contributed by atoms with Gasteiger partial charge in [0.05, 0.1) is 24.8 Å². The number of para-hydroxylation sites is 1. The van der Waals surface area contributed by atoms with Crippen molar-refractivity contribution in [3.05, 3.63) is 30.1 Å².